The molecule has 4 nitrogen and oxygen atoms in total. The van der Waals surface area contributed by atoms with Gasteiger partial charge in [0.1, 0.15) is 0 Å². The van der Waals surface area contributed by atoms with Gasteiger partial charge in [0.25, 0.3) is 0 Å². The summed E-state index contributed by atoms with van der Waals surface area (Å²) in [5.74, 6) is 0. The number of rotatable bonds is 13. The highest BCUT2D eigenvalue weighted by molar-refractivity contribution is 7.81. The molecule has 0 saturated carbocycles. The van der Waals surface area contributed by atoms with Crippen LogP contribution >= 0.6 is 0 Å². The van der Waals surface area contributed by atoms with Gasteiger partial charge in [0.05, 0.1) is 13.2 Å². The molecule has 0 amide bonds. The van der Waals surface area contributed by atoms with E-state index in [4.69, 9.17) is 0 Å². The van der Waals surface area contributed by atoms with Crippen molar-refractivity contribution in [2.24, 2.45) is 0 Å². The number of unbranched alkanes of at least 4 members (excludes halogenated alkanes) is 8. The van der Waals surface area contributed by atoms with Crippen LogP contribution in [-0.4, -0.2) is 21.6 Å². The smallest absolute Gasteiger partial charge is 0.248 e. The van der Waals surface area contributed by atoms with Crippen molar-refractivity contribution in [3.8, 4) is 0 Å². The van der Waals surface area contributed by atoms with Gasteiger partial charge in [-0.25, -0.2) is 8.37 Å². The molecule has 0 bridgehead atoms. The molecule has 0 aromatic carbocycles. The predicted octanol–water partition coefficient (Wildman–Crippen LogP) is 3.82. The van der Waals surface area contributed by atoms with Crippen LogP contribution in [0.4, 0.5) is 0 Å². The van der Waals surface area contributed by atoms with E-state index in [2.05, 4.69) is 15.3 Å². The normalized spacial score (nSPS) is 11.9. The fraction of sp³-hybridized carbons (Fsp3) is 1.00. The maximum atomic E-state index is 11.0. The monoisotopic (exact) mass is 280 g/mol. The summed E-state index contributed by atoms with van der Waals surface area (Å²) in [4.78, 5) is 0. The predicted molar refractivity (Wildman–Crippen MR) is 73.7 cm³/mol. The largest absolute Gasteiger partial charge is 0.399 e. The molecular weight excluding hydrogens is 252 g/mol. The van der Waals surface area contributed by atoms with Crippen LogP contribution in [0, 0.1) is 0 Å². The summed E-state index contributed by atoms with van der Waals surface area (Å²) >= 11 is 0. The average Bonchev–Trinajstić information content (AvgIpc) is 2.31. The maximum absolute atomic E-state index is 11.0. The highest BCUT2D eigenvalue weighted by Gasteiger charge is 2.09. The second-order valence-electron chi connectivity index (χ2n) is 4.47. The average molecular weight is 280 g/mol. The Morgan fingerprint density at radius 2 is 1.22 bits per heavy atom. The maximum Gasteiger partial charge on any atom is 0.399 e. The van der Waals surface area contributed by atoms with Crippen LogP contribution in [0.15, 0.2) is 0 Å². The van der Waals surface area contributed by atoms with E-state index in [1.807, 2.05) is 0 Å². The Morgan fingerprint density at radius 3 is 1.72 bits per heavy atom. The Morgan fingerprint density at radius 1 is 0.722 bits per heavy atom. The standard InChI is InChI=1S/C13H28O4S/c1-3-5-6-7-8-9-10-11-12-13-17-18(14,15)16-4-2/h3-13H2,1-2H3. The van der Waals surface area contributed by atoms with Gasteiger partial charge in [-0.3, -0.25) is 0 Å². The van der Waals surface area contributed by atoms with Gasteiger partial charge in [0, 0.05) is 0 Å². The summed E-state index contributed by atoms with van der Waals surface area (Å²) < 4.78 is 31.2. The van der Waals surface area contributed by atoms with E-state index in [0.717, 1.165) is 19.3 Å². The van der Waals surface area contributed by atoms with Gasteiger partial charge < -0.3 is 0 Å². The molecule has 0 aliphatic rings. The second kappa shape index (κ2) is 11.9. The molecule has 18 heavy (non-hydrogen) atoms. The van der Waals surface area contributed by atoms with Crippen LogP contribution in [0.3, 0.4) is 0 Å². The van der Waals surface area contributed by atoms with Crippen molar-refractivity contribution < 1.29 is 16.8 Å². The van der Waals surface area contributed by atoms with E-state index in [1.165, 1.54) is 38.5 Å². The van der Waals surface area contributed by atoms with E-state index < -0.39 is 10.4 Å². The zero-order valence-corrected chi connectivity index (χ0v) is 12.6. The molecule has 0 rings (SSSR count). The molecule has 0 unspecified atom stereocenters. The van der Waals surface area contributed by atoms with Gasteiger partial charge in [-0.05, 0) is 13.3 Å². The van der Waals surface area contributed by atoms with Crippen LogP contribution in [0.5, 0.6) is 0 Å². The number of hydrogen-bond acceptors (Lipinski definition) is 4. The lowest BCUT2D eigenvalue weighted by Crippen LogP contribution is -2.10. The first-order valence-corrected chi connectivity index (χ1v) is 8.49. The van der Waals surface area contributed by atoms with Crippen molar-refractivity contribution in [3.05, 3.63) is 0 Å². The minimum Gasteiger partial charge on any atom is -0.248 e. The van der Waals surface area contributed by atoms with Crippen LogP contribution in [0.1, 0.15) is 71.6 Å². The molecule has 0 aromatic rings. The van der Waals surface area contributed by atoms with Gasteiger partial charge in [-0.15, -0.1) is 0 Å². The summed E-state index contributed by atoms with van der Waals surface area (Å²) in [7, 11) is -3.74. The minimum atomic E-state index is -3.74. The third-order valence-electron chi connectivity index (χ3n) is 2.74. The molecule has 0 fully saturated rings. The summed E-state index contributed by atoms with van der Waals surface area (Å²) in [6.07, 6.45) is 10.8. The Bertz CT molecular complexity index is 262. The van der Waals surface area contributed by atoms with Crippen molar-refractivity contribution in [1.82, 2.24) is 0 Å². The van der Waals surface area contributed by atoms with Crippen molar-refractivity contribution in [3.63, 3.8) is 0 Å². The Hall–Kier alpha value is -0.130. The molecule has 0 saturated heterocycles. The molecule has 0 aromatic heterocycles. The van der Waals surface area contributed by atoms with Crippen molar-refractivity contribution in [2.75, 3.05) is 13.2 Å². The fourth-order valence-electron chi connectivity index (χ4n) is 1.75. The van der Waals surface area contributed by atoms with Crippen LogP contribution < -0.4 is 0 Å². The summed E-state index contributed by atoms with van der Waals surface area (Å²) in [5.41, 5.74) is 0. The van der Waals surface area contributed by atoms with Crippen molar-refractivity contribution in [2.45, 2.75) is 71.6 Å². The molecule has 0 radical (unpaired) electrons. The van der Waals surface area contributed by atoms with E-state index in [1.54, 1.807) is 6.92 Å². The molecule has 0 spiro atoms. The molecular formula is C13H28O4S. The zero-order chi connectivity index (χ0) is 13.7. The molecule has 5 heteroatoms. The topological polar surface area (TPSA) is 52.6 Å². The van der Waals surface area contributed by atoms with Crippen LogP contribution in [0.2, 0.25) is 0 Å². The highest BCUT2D eigenvalue weighted by atomic mass is 32.3. The first-order chi connectivity index (χ1) is 8.62. The third kappa shape index (κ3) is 12.3. The third-order valence-corrected chi connectivity index (χ3v) is 3.72. The molecule has 0 N–H and O–H groups in total. The summed E-state index contributed by atoms with van der Waals surface area (Å²) in [5, 5.41) is 0. The van der Waals surface area contributed by atoms with E-state index >= 15 is 0 Å². The lowest BCUT2D eigenvalue weighted by atomic mass is 10.1. The molecule has 0 aliphatic heterocycles. The summed E-state index contributed by atoms with van der Waals surface area (Å²) in [6, 6.07) is 0. The van der Waals surface area contributed by atoms with Crippen molar-refractivity contribution in [1.29, 1.82) is 0 Å². The molecule has 0 heterocycles. The van der Waals surface area contributed by atoms with Gasteiger partial charge in [0.2, 0.25) is 0 Å². The quantitative estimate of drug-likeness (QED) is 0.481. The van der Waals surface area contributed by atoms with Crippen LogP contribution in [-0.2, 0) is 18.8 Å². The van der Waals surface area contributed by atoms with Gasteiger partial charge in [-0.2, -0.15) is 8.42 Å². The van der Waals surface area contributed by atoms with Gasteiger partial charge >= 0.3 is 10.4 Å². The van der Waals surface area contributed by atoms with Crippen LogP contribution in [0.25, 0.3) is 0 Å². The number of hydrogen-bond donors (Lipinski definition) is 0. The molecule has 0 aliphatic carbocycles. The fourth-order valence-corrected chi connectivity index (χ4v) is 2.43. The summed E-state index contributed by atoms with van der Waals surface area (Å²) in [6.45, 7) is 4.20. The molecule has 110 valence electrons. The zero-order valence-electron chi connectivity index (χ0n) is 11.8. The lowest BCUT2D eigenvalue weighted by molar-refractivity contribution is 0.218. The van der Waals surface area contributed by atoms with E-state index in [0.29, 0.717) is 0 Å². The lowest BCUT2D eigenvalue weighted by Gasteiger charge is -2.04. The first-order valence-electron chi connectivity index (χ1n) is 7.16. The Labute approximate surface area is 112 Å². The minimum absolute atomic E-state index is 0.125. The van der Waals surface area contributed by atoms with Gasteiger partial charge in [-0.1, -0.05) is 58.3 Å². The van der Waals surface area contributed by atoms with E-state index in [-0.39, 0.29) is 13.2 Å². The first kappa shape index (κ1) is 17.9. The Kier molecular flexibility index (Phi) is 11.8. The van der Waals surface area contributed by atoms with Gasteiger partial charge in [0.15, 0.2) is 0 Å². The van der Waals surface area contributed by atoms with Crippen molar-refractivity contribution >= 4 is 10.4 Å². The van der Waals surface area contributed by atoms with E-state index in [9.17, 15) is 8.42 Å². The molecule has 0 atom stereocenters. The Balaban J connectivity index is 3.21. The SMILES string of the molecule is CCCCCCCCCCCOS(=O)(=O)OCC. The highest BCUT2D eigenvalue weighted by Crippen LogP contribution is 2.10. The second-order valence-corrected chi connectivity index (χ2v) is 5.75.